The molecule has 0 saturated heterocycles. The van der Waals surface area contributed by atoms with Crippen LogP contribution in [0, 0.1) is 25.2 Å². The largest absolute Gasteiger partial charge is 0.260 e. The van der Waals surface area contributed by atoms with Crippen LogP contribution < -0.4 is 0 Å². The van der Waals surface area contributed by atoms with Crippen LogP contribution in [0.5, 0.6) is 0 Å². The molecule has 2 nitrogen and oxygen atoms in total. The van der Waals surface area contributed by atoms with Gasteiger partial charge in [-0.05, 0) is 37.8 Å². The van der Waals surface area contributed by atoms with Crippen LogP contribution >= 0.6 is 0 Å². The van der Waals surface area contributed by atoms with Crippen molar-refractivity contribution in [3.63, 3.8) is 0 Å². The number of nitrogens with zero attached hydrogens (tertiary/aromatic N) is 2. The second-order valence-corrected chi connectivity index (χ2v) is 4.28. The summed E-state index contributed by atoms with van der Waals surface area (Å²) in [4.78, 5) is 4.29. The summed E-state index contributed by atoms with van der Waals surface area (Å²) in [5.74, 6) is 0. The number of nitriles is 1. The minimum absolute atomic E-state index is 0.719. The summed E-state index contributed by atoms with van der Waals surface area (Å²) in [6, 6.07) is 2.20. The van der Waals surface area contributed by atoms with Crippen molar-refractivity contribution in [3.05, 3.63) is 28.6 Å². The molecule has 1 heterocycles. The maximum Gasteiger partial charge on any atom is 0.101 e. The van der Waals surface area contributed by atoms with Gasteiger partial charge in [-0.1, -0.05) is 26.2 Å². The maximum absolute atomic E-state index is 8.95. The van der Waals surface area contributed by atoms with Gasteiger partial charge in [-0.15, -0.1) is 0 Å². The van der Waals surface area contributed by atoms with Gasteiger partial charge in [-0.2, -0.15) is 5.26 Å². The smallest absolute Gasteiger partial charge is 0.101 e. The Hall–Kier alpha value is -1.36. The number of hydrogen-bond acceptors (Lipinski definition) is 2. The fraction of sp³-hybridized carbons (Fsp3) is 0.571. The molecule has 0 atom stereocenters. The van der Waals surface area contributed by atoms with Gasteiger partial charge in [0.25, 0.3) is 0 Å². The van der Waals surface area contributed by atoms with Gasteiger partial charge in [-0.3, -0.25) is 4.98 Å². The highest BCUT2D eigenvalue weighted by Crippen LogP contribution is 2.18. The Labute approximate surface area is 98.3 Å². The van der Waals surface area contributed by atoms with Gasteiger partial charge in [0.2, 0.25) is 0 Å². The van der Waals surface area contributed by atoms with Crippen LogP contribution in [-0.4, -0.2) is 4.98 Å². The van der Waals surface area contributed by atoms with Crippen LogP contribution in [-0.2, 0) is 6.42 Å². The SMILES string of the molecule is CCCCCCc1c(C)ncc(C#N)c1C. The van der Waals surface area contributed by atoms with Crippen LogP contribution in [0.3, 0.4) is 0 Å². The van der Waals surface area contributed by atoms with E-state index in [-0.39, 0.29) is 0 Å². The molecule has 86 valence electrons. The van der Waals surface area contributed by atoms with Gasteiger partial charge in [0, 0.05) is 11.9 Å². The molecule has 16 heavy (non-hydrogen) atoms. The monoisotopic (exact) mass is 216 g/mol. The highest BCUT2D eigenvalue weighted by Gasteiger charge is 2.07. The van der Waals surface area contributed by atoms with Crippen LogP contribution in [0.1, 0.15) is 55.0 Å². The normalized spacial score (nSPS) is 10.1. The van der Waals surface area contributed by atoms with Crippen LogP contribution in [0.4, 0.5) is 0 Å². The third kappa shape index (κ3) is 3.06. The predicted octanol–water partition coefficient (Wildman–Crippen LogP) is 3.69. The molecule has 0 amide bonds. The molecule has 1 aromatic heterocycles. The number of pyridine rings is 1. The molecule has 0 radical (unpaired) electrons. The van der Waals surface area contributed by atoms with Gasteiger partial charge in [-0.25, -0.2) is 0 Å². The topological polar surface area (TPSA) is 36.7 Å². The van der Waals surface area contributed by atoms with Crippen LogP contribution in [0.25, 0.3) is 0 Å². The molecule has 1 aromatic rings. The van der Waals surface area contributed by atoms with Crippen molar-refractivity contribution in [2.24, 2.45) is 0 Å². The molecular formula is C14H20N2. The number of rotatable bonds is 5. The summed E-state index contributed by atoms with van der Waals surface area (Å²) >= 11 is 0. The lowest BCUT2D eigenvalue weighted by molar-refractivity contribution is 0.663. The van der Waals surface area contributed by atoms with Crippen LogP contribution in [0.2, 0.25) is 0 Å². The minimum atomic E-state index is 0.719. The quantitative estimate of drug-likeness (QED) is 0.704. The molecule has 0 aliphatic carbocycles. The number of aryl methyl sites for hydroxylation is 1. The van der Waals surface area contributed by atoms with Gasteiger partial charge >= 0.3 is 0 Å². The lowest BCUT2D eigenvalue weighted by Crippen LogP contribution is -2.00. The van der Waals surface area contributed by atoms with Gasteiger partial charge in [0.1, 0.15) is 6.07 Å². The van der Waals surface area contributed by atoms with E-state index in [4.69, 9.17) is 5.26 Å². The zero-order valence-corrected chi connectivity index (χ0v) is 10.5. The van der Waals surface area contributed by atoms with E-state index >= 15 is 0 Å². The maximum atomic E-state index is 8.95. The summed E-state index contributed by atoms with van der Waals surface area (Å²) < 4.78 is 0. The number of hydrogen-bond donors (Lipinski definition) is 0. The van der Waals surface area contributed by atoms with Gasteiger partial charge < -0.3 is 0 Å². The summed E-state index contributed by atoms with van der Waals surface area (Å²) in [6.45, 7) is 6.28. The van der Waals surface area contributed by atoms with E-state index < -0.39 is 0 Å². The average Bonchev–Trinajstić information content (AvgIpc) is 2.28. The van der Waals surface area contributed by atoms with Gasteiger partial charge in [0.15, 0.2) is 0 Å². The highest BCUT2D eigenvalue weighted by molar-refractivity contribution is 5.41. The van der Waals surface area contributed by atoms with Crippen molar-refractivity contribution in [1.82, 2.24) is 4.98 Å². The first-order valence-corrected chi connectivity index (χ1v) is 6.05. The van der Waals surface area contributed by atoms with E-state index in [1.54, 1.807) is 6.20 Å². The Balaban J connectivity index is 2.75. The zero-order chi connectivity index (χ0) is 12.0. The van der Waals surface area contributed by atoms with E-state index in [9.17, 15) is 0 Å². The first-order valence-electron chi connectivity index (χ1n) is 6.05. The minimum Gasteiger partial charge on any atom is -0.260 e. The molecule has 0 unspecified atom stereocenters. The Morgan fingerprint density at radius 1 is 1.25 bits per heavy atom. The molecule has 0 fully saturated rings. The summed E-state index contributed by atoms with van der Waals surface area (Å²) in [7, 11) is 0. The van der Waals surface area contributed by atoms with Crippen molar-refractivity contribution in [2.75, 3.05) is 0 Å². The van der Waals surface area contributed by atoms with Crippen molar-refractivity contribution >= 4 is 0 Å². The molecule has 0 bridgehead atoms. The van der Waals surface area contributed by atoms with Crippen molar-refractivity contribution < 1.29 is 0 Å². The third-order valence-electron chi connectivity index (χ3n) is 3.08. The van der Waals surface area contributed by atoms with E-state index in [0.29, 0.717) is 0 Å². The first kappa shape index (κ1) is 12.7. The Kier molecular flexibility index (Phi) is 4.98. The zero-order valence-electron chi connectivity index (χ0n) is 10.5. The Morgan fingerprint density at radius 3 is 2.62 bits per heavy atom. The summed E-state index contributed by atoms with van der Waals surface area (Å²) in [5, 5.41) is 8.95. The molecule has 0 spiro atoms. The van der Waals surface area contributed by atoms with Crippen LogP contribution in [0.15, 0.2) is 6.20 Å². The first-order chi connectivity index (χ1) is 7.70. The molecule has 1 rings (SSSR count). The molecule has 0 saturated carbocycles. The molecular weight excluding hydrogens is 196 g/mol. The van der Waals surface area contributed by atoms with Crippen molar-refractivity contribution in [1.29, 1.82) is 5.26 Å². The van der Waals surface area contributed by atoms with E-state index in [1.165, 1.54) is 31.2 Å². The summed E-state index contributed by atoms with van der Waals surface area (Å²) in [5.41, 5.74) is 4.19. The predicted molar refractivity (Wildman–Crippen MR) is 66.3 cm³/mol. The second-order valence-electron chi connectivity index (χ2n) is 4.28. The highest BCUT2D eigenvalue weighted by atomic mass is 14.7. The van der Waals surface area contributed by atoms with Crippen molar-refractivity contribution in [2.45, 2.75) is 52.9 Å². The third-order valence-corrected chi connectivity index (χ3v) is 3.08. The van der Waals surface area contributed by atoms with E-state index in [1.807, 2.05) is 13.8 Å². The summed E-state index contributed by atoms with van der Waals surface area (Å²) in [6.07, 6.45) is 7.76. The molecule has 0 aliphatic heterocycles. The lowest BCUT2D eigenvalue weighted by atomic mass is 9.98. The molecule has 0 N–H and O–H groups in total. The molecule has 0 aliphatic rings. The van der Waals surface area contributed by atoms with Gasteiger partial charge in [0.05, 0.1) is 5.56 Å². The second kappa shape index (κ2) is 6.27. The van der Waals surface area contributed by atoms with Crippen molar-refractivity contribution in [3.8, 4) is 6.07 Å². The van der Waals surface area contributed by atoms with E-state index in [0.717, 1.165) is 23.2 Å². The number of aromatic nitrogens is 1. The molecule has 2 heteroatoms. The van der Waals surface area contributed by atoms with E-state index in [2.05, 4.69) is 18.0 Å². The fourth-order valence-corrected chi connectivity index (χ4v) is 1.98. The standard InChI is InChI=1S/C14H20N2/c1-4-5-6-7-8-14-11(2)13(9-15)10-16-12(14)3/h10H,4-8H2,1-3H3. The average molecular weight is 216 g/mol. The number of unbranched alkanes of at least 4 members (excludes halogenated alkanes) is 3. The lowest BCUT2D eigenvalue weighted by Gasteiger charge is -2.09. The molecule has 0 aromatic carbocycles. The Bertz CT molecular complexity index is 388. The Morgan fingerprint density at radius 2 is 2.00 bits per heavy atom. The fourth-order valence-electron chi connectivity index (χ4n) is 1.98.